The first kappa shape index (κ1) is 8.04. The summed E-state index contributed by atoms with van der Waals surface area (Å²) in [5, 5.41) is 7.94. The van der Waals surface area contributed by atoms with Gasteiger partial charge in [0.2, 0.25) is 0 Å². The molecule has 2 aromatic heterocycles. The number of nitrogens with zero attached hydrogens (tertiary/aromatic N) is 4. The minimum absolute atomic E-state index is 0.327. The quantitative estimate of drug-likeness (QED) is 0.658. The highest BCUT2D eigenvalue weighted by atomic mass is 15.1. The normalized spacial score (nSPS) is 11.0. The molecule has 0 aromatic carbocycles. The third kappa shape index (κ3) is 1.35. The lowest BCUT2D eigenvalue weighted by atomic mass is 10.1. The molecule has 0 N–H and O–H groups in total. The van der Waals surface area contributed by atoms with Crippen LogP contribution in [0.1, 0.15) is 25.5 Å². The van der Waals surface area contributed by atoms with E-state index in [1.807, 2.05) is 0 Å². The van der Waals surface area contributed by atoms with Crippen LogP contribution in [0.4, 0.5) is 0 Å². The maximum absolute atomic E-state index is 4.24. The Labute approximate surface area is 76.1 Å². The predicted molar refractivity (Wildman–Crippen MR) is 49.2 cm³/mol. The molecule has 0 amide bonds. The minimum atomic E-state index is 0.327. The third-order valence-corrected chi connectivity index (χ3v) is 1.86. The van der Waals surface area contributed by atoms with E-state index in [1.54, 1.807) is 18.6 Å². The summed E-state index contributed by atoms with van der Waals surface area (Å²) in [6.45, 7) is 4.14. The SMILES string of the molecule is CC(C)c1nncc2nccnc12. The van der Waals surface area contributed by atoms with Crippen molar-refractivity contribution >= 4 is 11.0 Å². The van der Waals surface area contributed by atoms with E-state index in [2.05, 4.69) is 34.0 Å². The summed E-state index contributed by atoms with van der Waals surface area (Å²) in [6.07, 6.45) is 4.97. The summed E-state index contributed by atoms with van der Waals surface area (Å²) < 4.78 is 0. The molecule has 66 valence electrons. The first-order chi connectivity index (χ1) is 6.29. The van der Waals surface area contributed by atoms with Crippen LogP contribution in [0, 0.1) is 0 Å². The van der Waals surface area contributed by atoms with Crippen LogP contribution < -0.4 is 0 Å². The first-order valence-electron chi connectivity index (χ1n) is 4.21. The van der Waals surface area contributed by atoms with Crippen molar-refractivity contribution in [1.29, 1.82) is 0 Å². The van der Waals surface area contributed by atoms with E-state index in [0.29, 0.717) is 5.92 Å². The fourth-order valence-electron chi connectivity index (χ4n) is 1.22. The van der Waals surface area contributed by atoms with Crippen LogP contribution in [0.15, 0.2) is 18.6 Å². The minimum Gasteiger partial charge on any atom is -0.251 e. The first-order valence-corrected chi connectivity index (χ1v) is 4.21. The Morgan fingerprint density at radius 1 is 1.15 bits per heavy atom. The van der Waals surface area contributed by atoms with Gasteiger partial charge in [-0.25, -0.2) is 0 Å². The molecule has 0 saturated carbocycles. The van der Waals surface area contributed by atoms with Gasteiger partial charge in [0.25, 0.3) is 0 Å². The summed E-state index contributed by atoms with van der Waals surface area (Å²) in [5.41, 5.74) is 2.57. The lowest BCUT2D eigenvalue weighted by Gasteiger charge is -2.04. The second kappa shape index (κ2) is 3.05. The molecule has 2 aromatic rings. The number of hydrogen-bond acceptors (Lipinski definition) is 4. The van der Waals surface area contributed by atoms with Crippen molar-refractivity contribution < 1.29 is 0 Å². The Hall–Kier alpha value is -1.58. The molecule has 0 bridgehead atoms. The van der Waals surface area contributed by atoms with Gasteiger partial charge in [-0.05, 0) is 5.92 Å². The molecule has 0 aliphatic carbocycles. The molecule has 4 heteroatoms. The summed E-state index contributed by atoms with van der Waals surface area (Å²) in [6, 6.07) is 0. The van der Waals surface area contributed by atoms with E-state index in [9.17, 15) is 0 Å². The Kier molecular flexibility index (Phi) is 1.88. The molecular formula is C9H10N4. The maximum atomic E-state index is 4.24. The zero-order valence-electron chi connectivity index (χ0n) is 7.60. The molecule has 0 atom stereocenters. The summed E-state index contributed by atoms with van der Waals surface area (Å²) in [7, 11) is 0. The van der Waals surface area contributed by atoms with E-state index < -0.39 is 0 Å². The van der Waals surface area contributed by atoms with Crippen molar-refractivity contribution in [2.45, 2.75) is 19.8 Å². The maximum Gasteiger partial charge on any atom is 0.114 e. The number of fused-ring (bicyclic) bond motifs is 1. The second-order valence-corrected chi connectivity index (χ2v) is 3.17. The molecule has 2 rings (SSSR count). The molecule has 2 heterocycles. The monoisotopic (exact) mass is 174 g/mol. The zero-order valence-corrected chi connectivity index (χ0v) is 7.60. The standard InChI is InChI=1S/C9H10N4/c1-6(2)8-9-7(5-12-13-8)10-3-4-11-9/h3-6H,1-2H3. The van der Waals surface area contributed by atoms with Crippen LogP contribution >= 0.6 is 0 Å². The lowest BCUT2D eigenvalue weighted by molar-refractivity contribution is 0.793. The van der Waals surface area contributed by atoms with Gasteiger partial charge in [-0.1, -0.05) is 13.8 Å². The molecule has 0 unspecified atom stereocenters. The smallest absolute Gasteiger partial charge is 0.114 e. The van der Waals surface area contributed by atoms with Gasteiger partial charge in [0.15, 0.2) is 0 Å². The Morgan fingerprint density at radius 2 is 1.92 bits per heavy atom. The molecule has 13 heavy (non-hydrogen) atoms. The third-order valence-electron chi connectivity index (χ3n) is 1.86. The van der Waals surface area contributed by atoms with Gasteiger partial charge in [0.05, 0.1) is 11.9 Å². The molecule has 0 aliphatic rings. The van der Waals surface area contributed by atoms with Crippen LogP contribution in [-0.2, 0) is 0 Å². The Morgan fingerprint density at radius 3 is 2.69 bits per heavy atom. The summed E-state index contributed by atoms with van der Waals surface area (Å²) >= 11 is 0. The predicted octanol–water partition coefficient (Wildman–Crippen LogP) is 1.54. The van der Waals surface area contributed by atoms with Crippen molar-refractivity contribution in [3.63, 3.8) is 0 Å². The highest BCUT2D eigenvalue weighted by molar-refractivity contribution is 5.75. The van der Waals surface area contributed by atoms with Crippen LogP contribution in [0.2, 0.25) is 0 Å². The van der Waals surface area contributed by atoms with Gasteiger partial charge in [-0.15, -0.1) is 0 Å². The molecule has 0 spiro atoms. The fourth-order valence-corrected chi connectivity index (χ4v) is 1.22. The number of rotatable bonds is 1. The van der Waals surface area contributed by atoms with Gasteiger partial charge in [-0.3, -0.25) is 9.97 Å². The van der Waals surface area contributed by atoms with Gasteiger partial charge in [-0.2, -0.15) is 10.2 Å². The largest absolute Gasteiger partial charge is 0.251 e. The number of aromatic nitrogens is 4. The van der Waals surface area contributed by atoms with Crippen molar-refractivity contribution in [2.24, 2.45) is 0 Å². The van der Waals surface area contributed by atoms with E-state index in [0.717, 1.165) is 16.7 Å². The summed E-state index contributed by atoms with van der Waals surface area (Å²) in [4.78, 5) is 8.40. The molecule has 0 saturated heterocycles. The van der Waals surface area contributed by atoms with Crippen molar-refractivity contribution in [3.05, 3.63) is 24.3 Å². The fraction of sp³-hybridized carbons (Fsp3) is 0.333. The Balaban J connectivity index is 2.76. The highest BCUT2D eigenvalue weighted by Crippen LogP contribution is 2.17. The highest BCUT2D eigenvalue weighted by Gasteiger charge is 2.08. The number of hydrogen-bond donors (Lipinski definition) is 0. The van der Waals surface area contributed by atoms with Crippen molar-refractivity contribution in [2.75, 3.05) is 0 Å². The Bertz CT molecular complexity index is 419. The molecule has 4 nitrogen and oxygen atoms in total. The van der Waals surface area contributed by atoms with Gasteiger partial charge >= 0.3 is 0 Å². The molecule has 0 fully saturated rings. The van der Waals surface area contributed by atoms with Gasteiger partial charge in [0, 0.05) is 12.4 Å². The van der Waals surface area contributed by atoms with E-state index in [1.165, 1.54) is 0 Å². The second-order valence-electron chi connectivity index (χ2n) is 3.17. The molecule has 0 radical (unpaired) electrons. The average Bonchev–Trinajstić information content (AvgIpc) is 2.17. The van der Waals surface area contributed by atoms with E-state index in [4.69, 9.17) is 0 Å². The van der Waals surface area contributed by atoms with E-state index >= 15 is 0 Å². The lowest BCUT2D eigenvalue weighted by Crippen LogP contribution is -1.98. The van der Waals surface area contributed by atoms with Crippen LogP contribution in [-0.4, -0.2) is 20.2 Å². The molecule has 0 aliphatic heterocycles. The van der Waals surface area contributed by atoms with Crippen LogP contribution in [0.25, 0.3) is 11.0 Å². The molecular weight excluding hydrogens is 164 g/mol. The van der Waals surface area contributed by atoms with Gasteiger partial charge < -0.3 is 0 Å². The van der Waals surface area contributed by atoms with E-state index in [-0.39, 0.29) is 0 Å². The zero-order chi connectivity index (χ0) is 9.26. The van der Waals surface area contributed by atoms with Crippen molar-refractivity contribution in [3.8, 4) is 0 Å². The van der Waals surface area contributed by atoms with Crippen LogP contribution in [0.5, 0.6) is 0 Å². The average molecular weight is 174 g/mol. The van der Waals surface area contributed by atoms with Crippen LogP contribution in [0.3, 0.4) is 0 Å². The topological polar surface area (TPSA) is 51.6 Å². The van der Waals surface area contributed by atoms with Crippen molar-refractivity contribution in [1.82, 2.24) is 20.2 Å². The summed E-state index contributed by atoms with van der Waals surface area (Å²) in [5.74, 6) is 0.327. The van der Waals surface area contributed by atoms with Gasteiger partial charge in [0.1, 0.15) is 11.0 Å².